The summed E-state index contributed by atoms with van der Waals surface area (Å²) in [4.78, 5) is 24.2. The van der Waals surface area contributed by atoms with E-state index < -0.39 is 12.1 Å². The van der Waals surface area contributed by atoms with Crippen LogP contribution in [0.4, 0.5) is 0 Å². The first-order chi connectivity index (χ1) is 21.4. The van der Waals surface area contributed by atoms with Crippen LogP contribution in [0.3, 0.4) is 0 Å². The van der Waals surface area contributed by atoms with E-state index in [9.17, 15) is 14.7 Å². The number of Topliss-reactive ketones (excluding diaryl/α,β-unsaturated/α-hetero) is 1. The van der Waals surface area contributed by atoms with Crippen LogP contribution >= 0.6 is 0 Å². The van der Waals surface area contributed by atoms with E-state index in [4.69, 9.17) is 4.74 Å². The highest BCUT2D eigenvalue weighted by Crippen LogP contribution is 2.42. The number of hydrogen-bond acceptors (Lipinski definition) is 4. The van der Waals surface area contributed by atoms with Crippen molar-refractivity contribution in [3.8, 4) is 0 Å². The minimum Gasteiger partial charge on any atom is -0.454 e. The molecule has 1 N–H and O–H groups in total. The Morgan fingerprint density at radius 3 is 1.80 bits per heavy atom. The van der Waals surface area contributed by atoms with E-state index in [-0.39, 0.29) is 22.7 Å². The van der Waals surface area contributed by atoms with Crippen LogP contribution in [-0.4, -0.2) is 29.1 Å². The highest BCUT2D eigenvalue weighted by Gasteiger charge is 2.39. The molecule has 3 unspecified atom stereocenters. The van der Waals surface area contributed by atoms with Crippen molar-refractivity contribution in [2.45, 2.75) is 101 Å². The third-order valence-electron chi connectivity index (χ3n) is 8.65. The number of aliphatic hydroxyl groups excluding tert-OH is 1. The van der Waals surface area contributed by atoms with Gasteiger partial charge in [0.15, 0.2) is 11.9 Å². The molecule has 248 valence electrons. The first kappa shape index (κ1) is 38.4. The molecule has 0 bridgehead atoms. The second-order valence-electron chi connectivity index (χ2n) is 14.2. The first-order valence-electron chi connectivity index (χ1n) is 16.3. The number of ether oxygens (including phenoxy) is 1. The SMILES string of the molecule is CC(=O)OC1CC(C)(C)C(C=CC(C)=CC=CC(C)=CC=CC=C(C)C=CC=C(C)C=CC2C(C)=CC(O)CC2(C)C)=C(C)C1=O. The predicted molar refractivity (Wildman–Crippen MR) is 194 cm³/mol. The van der Waals surface area contributed by atoms with E-state index in [2.05, 4.69) is 104 Å². The molecule has 2 rings (SSSR count). The fraction of sp³-hybridized carbons (Fsp3) is 0.429. The molecule has 2 aliphatic rings. The standard InChI is InChI=1S/C42H56O4/c1-29(18-14-20-31(3)22-24-37-33(5)26-36(44)27-41(37,8)9)16-12-13-17-30(2)19-15-21-32(4)23-25-38-34(6)40(45)39(46-35(7)43)28-42(38,10)11/h12-26,36-37,39,44H,27-28H2,1-11H3. The molecule has 3 atom stereocenters. The van der Waals surface area contributed by atoms with Crippen LogP contribution in [-0.2, 0) is 14.3 Å². The van der Waals surface area contributed by atoms with Crippen LogP contribution in [0.25, 0.3) is 0 Å². The van der Waals surface area contributed by atoms with E-state index in [1.165, 1.54) is 18.1 Å². The smallest absolute Gasteiger partial charge is 0.303 e. The summed E-state index contributed by atoms with van der Waals surface area (Å²) in [6.45, 7) is 22.2. The molecule has 0 aromatic rings. The van der Waals surface area contributed by atoms with Gasteiger partial charge in [-0.05, 0) is 69.9 Å². The molecule has 0 saturated carbocycles. The summed E-state index contributed by atoms with van der Waals surface area (Å²) in [6.07, 6.45) is 31.4. The maximum absolute atomic E-state index is 12.7. The van der Waals surface area contributed by atoms with Gasteiger partial charge in [-0.15, -0.1) is 0 Å². The molecule has 0 saturated heterocycles. The van der Waals surface area contributed by atoms with Gasteiger partial charge in [0.2, 0.25) is 0 Å². The Bertz CT molecular complexity index is 1470. The van der Waals surface area contributed by atoms with Crippen LogP contribution in [0, 0.1) is 16.7 Å². The number of esters is 1. The minimum atomic E-state index is -0.706. The molecular weight excluding hydrogens is 568 g/mol. The van der Waals surface area contributed by atoms with E-state index in [1.807, 2.05) is 56.4 Å². The van der Waals surface area contributed by atoms with Crippen LogP contribution in [0.5, 0.6) is 0 Å². The summed E-state index contributed by atoms with van der Waals surface area (Å²) in [5, 5.41) is 10.1. The summed E-state index contributed by atoms with van der Waals surface area (Å²) in [6, 6.07) is 0. The van der Waals surface area contributed by atoms with Crippen LogP contribution in [0.1, 0.15) is 89.0 Å². The molecule has 0 amide bonds. The van der Waals surface area contributed by atoms with Gasteiger partial charge in [-0.1, -0.05) is 147 Å². The van der Waals surface area contributed by atoms with Crippen molar-refractivity contribution in [3.63, 3.8) is 0 Å². The minimum absolute atomic E-state index is 0.0417. The van der Waals surface area contributed by atoms with Crippen molar-refractivity contribution in [2.24, 2.45) is 16.7 Å². The Kier molecular flexibility index (Phi) is 14.4. The van der Waals surface area contributed by atoms with E-state index in [1.54, 1.807) is 0 Å². The summed E-state index contributed by atoms with van der Waals surface area (Å²) >= 11 is 0. The van der Waals surface area contributed by atoms with Crippen molar-refractivity contribution < 1.29 is 19.4 Å². The molecule has 0 radical (unpaired) electrons. The lowest BCUT2D eigenvalue weighted by Crippen LogP contribution is -2.38. The molecule has 4 nitrogen and oxygen atoms in total. The fourth-order valence-corrected chi connectivity index (χ4v) is 6.16. The van der Waals surface area contributed by atoms with E-state index in [0.717, 1.165) is 28.7 Å². The summed E-state index contributed by atoms with van der Waals surface area (Å²) in [7, 11) is 0. The topological polar surface area (TPSA) is 63.6 Å². The number of aliphatic hydroxyl groups is 1. The lowest BCUT2D eigenvalue weighted by molar-refractivity contribution is -0.153. The Morgan fingerprint density at radius 2 is 1.28 bits per heavy atom. The maximum atomic E-state index is 12.7. The number of ketones is 1. The van der Waals surface area contributed by atoms with Gasteiger partial charge >= 0.3 is 5.97 Å². The lowest BCUT2D eigenvalue weighted by Gasteiger charge is -2.38. The largest absolute Gasteiger partial charge is 0.454 e. The molecule has 0 fully saturated rings. The van der Waals surface area contributed by atoms with Crippen molar-refractivity contribution in [1.29, 1.82) is 0 Å². The Hall–Kier alpha value is -3.76. The van der Waals surface area contributed by atoms with Crippen LogP contribution < -0.4 is 0 Å². The number of carbonyl (C=O) groups excluding carboxylic acids is 2. The Balaban J connectivity index is 1.94. The second kappa shape index (κ2) is 17.2. The molecule has 4 heteroatoms. The van der Waals surface area contributed by atoms with Crippen LogP contribution in [0.2, 0.25) is 0 Å². The van der Waals surface area contributed by atoms with Gasteiger partial charge in [-0.25, -0.2) is 0 Å². The average Bonchev–Trinajstić information content (AvgIpc) is 2.92. The number of hydrogen-bond donors (Lipinski definition) is 1. The molecule has 0 spiro atoms. The third kappa shape index (κ3) is 12.2. The van der Waals surface area contributed by atoms with Gasteiger partial charge in [-0.3, -0.25) is 9.59 Å². The first-order valence-corrected chi connectivity index (χ1v) is 16.3. The quantitative estimate of drug-likeness (QED) is 0.141. The normalized spacial score (nSPS) is 25.2. The Morgan fingerprint density at radius 1 is 0.783 bits per heavy atom. The van der Waals surface area contributed by atoms with Gasteiger partial charge in [0.05, 0.1) is 6.10 Å². The zero-order valence-corrected chi connectivity index (χ0v) is 30.0. The van der Waals surface area contributed by atoms with Crippen molar-refractivity contribution >= 4 is 11.8 Å². The van der Waals surface area contributed by atoms with Crippen molar-refractivity contribution in [2.75, 3.05) is 0 Å². The highest BCUT2D eigenvalue weighted by molar-refractivity contribution is 6.01. The molecule has 0 aromatic heterocycles. The second-order valence-corrected chi connectivity index (χ2v) is 14.2. The highest BCUT2D eigenvalue weighted by atomic mass is 16.5. The van der Waals surface area contributed by atoms with Gasteiger partial charge in [0.25, 0.3) is 0 Å². The molecule has 0 aliphatic heterocycles. The van der Waals surface area contributed by atoms with E-state index in [0.29, 0.717) is 17.9 Å². The number of carbonyl (C=O) groups is 2. The maximum Gasteiger partial charge on any atom is 0.303 e. The molecule has 46 heavy (non-hydrogen) atoms. The Labute approximate surface area is 278 Å². The third-order valence-corrected chi connectivity index (χ3v) is 8.65. The molecule has 2 aliphatic carbocycles. The fourth-order valence-electron chi connectivity index (χ4n) is 6.16. The monoisotopic (exact) mass is 624 g/mol. The van der Waals surface area contributed by atoms with Gasteiger partial charge in [0, 0.05) is 19.3 Å². The average molecular weight is 625 g/mol. The predicted octanol–water partition coefficient (Wildman–Crippen LogP) is 10.2. The van der Waals surface area contributed by atoms with Crippen LogP contribution in [0.15, 0.2) is 130 Å². The number of rotatable bonds is 11. The zero-order chi connectivity index (χ0) is 34.7. The van der Waals surface area contributed by atoms with Gasteiger partial charge < -0.3 is 9.84 Å². The number of allylic oxidation sites excluding steroid dienone is 20. The van der Waals surface area contributed by atoms with Gasteiger partial charge in [0.1, 0.15) is 0 Å². The molecule has 0 aromatic carbocycles. The summed E-state index contributed by atoms with van der Waals surface area (Å²) in [5.74, 6) is -0.210. The zero-order valence-electron chi connectivity index (χ0n) is 30.0. The molecular formula is C42H56O4. The van der Waals surface area contributed by atoms with Crippen molar-refractivity contribution in [1.82, 2.24) is 0 Å². The van der Waals surface area contributed by atoms with Gasteiger partial charge in [-0.2, -0.15) is 0 Å². The summed E-state index contributed by atoms with van der Waals surface area (Å²) in [5.41, 5.74) is 7.18. The van der Waals surface area contributed by atoms with Crippen molar-refractivity contribution in [3.05, 3.63) is 130 Å². The molecule has 0 heterocycles. The lowest BCUT2D eigenvalue weighted by atomic mass is 9.67. The summed E-state index contributed by atoms with van der Waals surface area (Å²) < 4.78 is 5.27. The van der Waals surface area contributed by atoms with E-state index >= 15 is 0 Å².